The predicted octanol–water partition coefficient (Wildman–Crippen LogP) is 1.47. The van der Waals surface area contributed by atoms with Gasteiger partial charge in [0, 0.05) is 13.1 Å². The molecule has 0 saturated carbocycles. The van der Waals surface area contributed by atoms with Crippen molar-refractivity contribution in [3.63, 3.8) is 0 Å². The van der Waals surface area contributed by atoms with Crippen LogP contribution in [0.1, 0.15) is 18.4 Å². The van der Waals surface area contributed by atoms with Gasteiger partial charge in [0.25, 0.3) is 0 Å². The number of benzene rings is 1. The maximum absolute atomic E-state index is 12.5. The third-order valence-corrected chi connectivity index (χ3v) is 5.30. The number of esters is 1. The third-order valence-electron chi connectivity index (χ3n) is 4.39. The SMILES string of the molecule is COC(=O)C1CCN(C(=O)CSc2nnnn2-c2cccc(C)c2)CC1. The van der Waals surface area contributed by atoms with E-state index in [0.29, 0.717) is 31.1 Å². The second-order valence-electron chi connectivity index (χ2n) is 6.18. The highest BCUT2D eigenvalue weighted by Crippen LogP contribution is 2.22. The molecule has 26 heavy (non-hydrogen) atoms. The minimum absolute atomic E-state index is 0.0251. The summed E-state index contributed by atoms with van der Waals surface area (Å²) in [5.41, 5.74) is 1.97. The molecule has 1 aromatic carbocycles. The fourth-order valence-corrected chi connectivity index (χ4v) is 3.73. The molecular weight excluding hydrogens is 354 g/mol. The number of hydrogen-bond donors (Lipinski definition) is 0. The number of nitrogens with zero attached hydrogens (tertiary/aromatic N) is 5. The van der Waals surface area contributed by atoms with Crippen LogP contribution in [0.25, 0.3) is 5.69 Å². The molecule has 0 aliphatic carbocycles. The number of ether oxygens (including phenoxy) is 1. The van der Waals surface area contributed by atoms with E-state index in [0.717, 1.165) is 11.3 Å². The summed E-state index contributed by atoms with van der Waals surface area (Å²) in [4.78, 5) is 25.8. The van der Waals surface area contributed by atoms with Gasteiger partial charge in [-0.15, -0.1) is 5.10 Å². The van der Waals surface area contributed by atoms with E-state index in [-0.39, 0.29) is 23.5 Å². The van der Waals surface area contributed by atoms with Crippen molar-refractivity contribution in [1.82, 2.24) is 25.1 Å². The Labute approximate surface area is 155 Å². The number of carbonyl (C=O) groups excluding carboxylic acids is 2. The second-order valence-corrected chi connectivity index (χ2v) is 7.12. The maximum atomic E-state index is 12.5. The van der Waals surface area contributed by atoms with Gasteiger partial charge in [0.15, 0.2) is 0 Å². The lowest BCUT2D eigenvalue weighted by Crippen LogP contribution is -2.41. The van der Waals surface area contributed by atoms with Gasteiger partial charge in [-0.3, -0.25) is 9.59 Å². The molecule has 2 aromatic rings. The summed E-state index contributed by atoms with van der Waals surface area (Å²) in [6, 6.07) is 7.85. The molecule has 0 radical (unpaired) electrons. The smallest absolute Gasteiger partial charge is 0.308 e. The van der Waals surface area contributed by atoms with E-state index in [4.69, 9.17) is 4.74 Å². The fraction of sp³-hybridized carbons (Fsp3) is 0.471. The standard InChI is InChI=1S/C17H21N5O3S/c1-12-4-3-5-14(10-12)22-17(18-19-20-22)26-11-15(23)21-8-6-13(7-9-21)16(24)25-2/h3-5,10,13H,6-9,11H2,1-2H3. The number of carbonyl (C=O) groups is 2. The summed E-state index contributed by atoms with van der Waals surface area (Å²) in [7, 11) is 1.40. The van der Waals surface area contributed by atoms with Crippen molar-refractivity contribution >= 4 is 23.6 Å². The van der Waals surface area contributed by atoms with Crippen molar-refractivity contribution in [1.29, 1.82) is 0 Å². The monoisotopic (exact) mass is 375 g/mol. The summed E-state index contributed by atoms with van der Waals surface area (Å²) in [5.74, 6) is -0.0130. The first kappa shape index (κ1) is 18.4. The molecule has 1 aromatic heterocycles. The Hall–Kier alpha value is -2.42. The van der Waals surface area contributed by atoms with Gasteiger partial charge in [-0.2, -0.15) is 4.68 Å². The number of aromatic nitrogens is 4. The molecule has 0 spiro atoms. The van der Waals surface area contributed by atoms with Gasteiger partial charge in [-0.05, 0) is 47.9 Å². The number of tetrazole rings is 1. The lowest BCUT2D eigenvalue weighted by atomic mass is 9.97. The number of methoxy groups -OCH3 is 1. The first-order valence-electron chi connectivity index (χ1n) is 8.42. The molecule has 0 bridgehead atoms. The highest BCUT2D eigenvalue weighted by atomic mass is 32.2. The van der Waals surface area contributed by atoms with Crippen LogP contribution in [0.3, 0.4) is 0 Å². The largest absolute Gasteiger partial charge is 0.469 e. The zero-order valence-electron chi connectivity index (χ0n) is 14.8. The van der Waals surface area contributed by atoms with E-state index in [1.54, 1.807) is 9.58 Å². The first-order valence-corrected chi connectivity index (χ1v) is 9.41. The Kier molecular flexibility index (Phi) is 5.87. The van der Waals surface area contributed by atoms with Gasteiger partial charge in [0.05, 0.1) is 24.5 Å². The Morgan fingerprint density at radius 2 is 2.08 bits per heavy atom. The highest BCUT2D eigenvalue weighted by molar-refractivity contribution is 7.99. The Balaban J connectivity index is 1.56. The average molecular weight is 375 g/mol. The van der Waals surface area contributed by atoms with Crippen molar-refractivity contribution in [2.75, 3.05) is 26.0 Å². The molecule has 1 amide bonds. The van der Waals surface area contributed by atoms with Gasteiger partial charge in [0.1, 0.15) is 0 Å². The van der Waals surface area contributed by atoms with E-state index in [9.17, 15) is 9.59 Å². The highest BCUT2D eigenvalue weighted by Gasteiger charge is 2.28. The lowest BCUT2D eigenvalue weighted by Gasteiger charge is -2.30. The summed E-state index contributed by atoms with van der Waals surface area (Å²) in [6.07, 6.45) is 1.29. The molecule has 1 aliphatic heterocycles. The Morgan fingerprint density at radius 1 is 1.31 bits per heavy atom. The van der Waals surface area contributed by atoms with Crippen molar-refractivity contribution in [2.24, 2.45) is 5.92 Å². The van der Waals surface area contributed by atoms with Gasteiger partial charge in [0.2, 0.25) is 11.1 Å². The average Bonchev–Trinajstić information content (AvgIpc) is 3.14. The number of rotatable bonds is 5. The molecule has 138 valence electrons. The van der Waals surface area contributed by atoms with E-state index in [1.165, 1.54) is 18.9 Å². The second kappa shape index (κ2) is 8.31. The van der Waals surface area contributed by atoms with Crippen molar-refractivity contribution in [3.8, 4) is 5.69 Å². The molecule has 2 heterocycles. The number of aryl methyl sites for hydroxylation is 1. The molecule has 0 atom stereocenters. The van der Waals surface area contributed by atoms with Crippen LogP contribution < -0.4 is 0 Å². The van der Waals surface area contributed by atoms with Crippen LogP contribution in [0.5, 0.6) is 0 Å². The number of amides is 1. The topological polar surface area (TPSA) is 90.2 Å². The zero-order chi connectivity index (χ0) is 18.5. The molecule has 1 saturated heterocycles. The molecular formula is C17H21N5O3S. The molecule has 1 aliphatic rings. The summed E-state index contributed by atoms with van der Waals surface area (Å²) in [6.45, 7) is 3.14. The minimum Gasteiger partial charge on any atom is -0.469 e. The quantitative estimate of drug-likeness (QED) is 0.577. The molecule has 8 nitrogen and oxygen atoms in total. The molecule has 3 rings (SSSR count). The van der Waals surface area contributed by atoms with Crippen LogP contribution in [0.15, 0.2) is 29.4 Å². The predicted molar refractivity (Wildman–Crippen MR) is 95.9 cm³/mol. The van der Waals surface area contributed by atoms with Crippen LogP contribution in [-0.4, -0.2) is 62.9 Å². The molecule has 0 N–H and O–H groups in total. The number of hydrogen-bond acceptors (Lipinski definition) is 7. The number of thioether (sulfide) groups is 1. The maximum Gasteiger partial charge on any atom is 0.308 e. The fourth-order valence-electron chi connectivity index (χ4n) is 2.94. The van der Waals surface area contributed by atoms with Crippen molar-refractivity contribution in [2.45, 2.75) is 24.9 Å². The van der Waals surface area contributed by atoms with Crippen LogP contribution in [0.4, 0.5) is 0 Å². The minimum atomic E-state index is -0.191. The lowest BCUT2D eigenvalue weighted by molar-refractivity contribution is -0.148. The van der Waals surface area contributed by atoms with Gasteiger partial charge >= 0.3 is 5.97 Å². The van der Waals surface area contributed by atoms with Gasteiger partial charge < -0.3 is 9.64 Å². The third kappa shape index (κ3) is 4.21. The Bertz CT molecular complexity index is 786. The van der Waals surface area contributed by atoms with Crippen molar-refractivity contribution in [3.05, 3.63) is 29.8 Å². The summed E-state index contributed by atoms with van der Waals surface area (Å²) >= 11 is 1.31. The number of piperidine rings is 1. The van der Waals surface area contributed by atoms with E-state index in [1.807, 2.05) is 31.2 Å². The van der Waals surface area contributed by atoms with Crippen LogP contribution >= 0.6 is 11.8 Å². The van der Waals surface area contributed by atoms with E-state index in [2.05, 4.69) is 15.5 Å². The van der Waals surface area contributed by atoms with Gasteiger partial charge in [-0.1, -0.05) is 23.9 Å². The van der Waals surface area contributed by atoms with Crippen LogP contribution in [-0.2, 0) is 14.3 Å². The molecule has 1 fully saturated rings. The zero-order valence-corrected chi connectivity index (χ0v) is 15.6. The van der Waals surface area contributed by atoms with E-state index >= 15 is 0 Å². The van der Waals surface area contributed by atoms with Crippen LogP contribution in [0, 0.1) is 12.8 Å². The molecule has 9 heteroatoms. The molecule has 0 unspecified atom stereocenters. The normalized spacial score (nSPS) is 15.1. The summed E-state index contributed by atoms with van der Waals surface area (Å²) < 4.78 is 6.41. The van der Waals surface area contributed by atoms with Crippen molar-refractivity contribution < 1.29 is 14.3 Å². The Morgan fingerprint density at radius 3 is 2.77 bits per heavy atom. The summed E-state index contributed by atoms with van der Waals surface area (Å²) in [5, 5.41) is 12.3. The van der Waals surface area contributed by atoms with Crippen LogP contribution in [0.2, 0.25) is 0 Å². The first-order chi connectivity index (χ1) is 12.6. The van der Waals surface area contributed by atoms with Gasteiger partial charge in [-0.25, -0.2) is 0 Å². The van der Waals surface area contributed by atoms with E-state index < -0.39 is 0 Å². The number of likely N-dealkylation sites (tertiary alicyclic amines) is 1.